The summed E-state index contributed by atoms with van der Waals surface area (Å²) < 4.78 is 42.9. The SMILES string of the molecule is CCCC(OC)C(NC)c1ccc(C(F)(F)F)cc1. The van der Waals surface area contributed by atoms with Crippen LogP contribution in [-0.4, -0.2) is 20.3 Å². The molecule has 1 rings (SSSR count). The predicted octanol–water partition coefficient (Wildman–Crippen LogP) is 3.78. The Kier molecular flexibility index (Phi) is 5.82. The lowest BCUT2D eigenvalue weighted by Gasteiger charge is -2.26. The minimum atomic E-state index is -4.29. The van der Waals surface area contributed by atoms with Gasteiger partial charge >= 0.3 is 6.18 Å². The molecule has 0 heterocycles. The van der Waals surface area contributed by atoms with E-state index < -0.39 is 11.7 Å². The maximum absolute atomic E-state index is 12.5. The fourth-order valence-electron chi connectivity index (χ4n) is 2.15. The first kappa shape index (κ1) is 16.0. The van der Waals surface area contributed by atoms with Gasteiger partial charge in [0.05, 0.1) is 17.7 Å². The molecular weight excluding hydrogens is 255 g/mol. The molecule has 0 bridgehead atoms. The minimum absolute atomic E-state index is 0.0493. The number of halogens is 3. The highest BCUT2D eigenvalue weighted by atomic mass is 19.4. The summed E-state index contributed by atoms with van der Waals surface area (Å²) in [6, 6.07) is 5.13. The van der Waals surface area contributed by atoms with Crippen LogP contribution in [0.1, 0.15) is 36.9 Å². The topological polar surface area (TPSA) is 21.3 Å². The molecule has 2 atom stereocenters. The fraction of sp³-hybridized carbons (Fsp3) is 0.571. The molecule has 1 aromatic carbocycles. The van der Waals surface area contributed by atoms with Gasteiger partial charge < -0.3 is 10.1 Å². The van der Waals surface area contributed by atoms with E-state index in [0.717, 1.165) is 30.5 Å². The van der Waals surface area contributed by atoms with Crippen molar-refractivity contribution in [2.45, 2.75) is 38.1 Å². The normalized spacial score (nSPS) is 15.3. The first-order valence-electron chi connectivity index (χ1n) is 6.31. The van der Waals surface area contributed by atoms with E-state index in [1.165, 1.54) is 12.1 Å². The summed E-state index contributed by atoms with van der Waals surface area (Å²) in [4.78, 5) is 0. The number of likely N-dealkylation sites (N-methyl/N-ethyl adjacent to an activating group) is 1. The molecular formula is C14H20F3NO. The quantitative estimate of drug-likeness (QED) is 0.853. The van der Waals surface area contributed by atoms with Crippen molar-refractivity contribution in [1.29, 1.82) is 0 Å². The van der Waals surface area contributed by atoms with E-state index in [1.807, 2.05) is 6.92 Å². The number of hydrogen-bond donors (Lipinski definition) is 1. The molecule has 19 heavy (non-hydrogen) atoms. The van der Waals surface area contributed by atoms with Gasteiger partial charge in [-0.25, -0.2) is 0 Å². The molecule has 108 valence electrons. The van der Waals surface area contributed by atoms with Crippen molar-refractivity contribution in [2.75, 3.05) is 14.2 Å². The Bertz CT molecular complexity index is 375. The Morgan fingerprint density at radius 1 is 1.21 bits per heavy atom. The summed E-state index contributed by atoms with van der Waals surface area (Å²) >= 11 is 0. The highest BCUT2D eigenvalue weighted by Crippen LogP contribution is 2.31. The smallest absolute Gasteiger partial charge is 0.379 e. The molecule has 0 aliphatic heterocycles. The summed E-state index contributed by atoms with van der Waals surface area (Å²) in [6.45, 7) is 2.05. The van der Waals surface area contributed by atoms with Gasteiger partial charge in [-0.3, -0.25) is 0 Å². The Morgan fingerprint density at radius 2 is 1.79 bits per heavy atom. The number of benzene rings is 1. The van der Waals surface area contributed by atoms with E-state index in [1.54, 1.807) is 14.2 Å². The number of rotatable bonds is 6. The first-order chi connectivity index (χ1) is 8.93. The largest absolute Gasteiger partial charge is 0.416 e. The Labute approximate surface area is 112 Å². The van der Waals surface area contributed by atoms with E-state index in [-0.39, 0.29) is 12.1 Å². The number of ether oxygens (including phenoxy) is 1. The van der Waals surface area contributed by atoms with Crippen LogP contribution in [0.5, 0.6) is 0 Å². The second-order valence-corrected chi connectivity index (χ2v) is 4.45. The summed E-state index contributed by atoms with van der Waals surface area (Å²) in [7, 11) is 3.40. The molecule has 1 aromatic rings. The Balaban J connectivity index is 2.93. The predicted molar refractivity (Wildman–Crippen MR) is 68.9 cm³/mol. The van der Waals surface area contributed by atoms with Crippen LogP contribution in [0.3, 0.4) is 0 Å². The van der Waals surface area contributed by atoms with Crippen LogP contribution < -0.4 is 5.32 Å². The van der Waals surface area contributed by atoms with Crippen molar-refractivity contribution in [2.24, 2.45) is 0 Å². The molecule has 0 saturated carbocycles. The van der Waals surface area contributed by atoms with Crippen LogP contribution in [0.4, 0.5) is 13.2 Å². The monoisotopic (exact) mass is 275 g/mol. The van der Waals surface area contributed by atoms with Crippen LogP contribution in [0, 0.1) is 0 Å². The average Bonchev–Trinajstić information content (AvgIpc) is 2.38. The molecule has 2 nitrogen and oxygen atoms in total. The van der Waals surface area contributed by atoms with Crippen molar-refractivity contribution >= 4 is 0 Å². The fourth-order valence-corrected chi connectivity index (χ4v) is 2.15. The maximum atomic E-state index is 12.5. The van der Waals surface area contributed by atoms with E-state index in [4.69, 9.17) is 4.74 Å². The van der Waals surface area contributed by atoms with Gasteiger partial charge in [0.1, 0.15) is 0 Å². The zero-order valence-corrected chi connectivity index (χ0v) is 11.4. The van der Waals surface area contributed by atoms with Gasteiger partial charge in [0.25, 0.3) is 0 Å². The molecule has 0 aromatic heterocycles. The molecule has 0 radical (unpaired) electrons. The third-order valence-corrected chi connectivity index (χ3v) is 3.16. The average molecular weight is 275 g/mol. The van der Waals surface area contributed by atoms with E-state index in [9.17, 15) is 13.2 Å². The highest BCUT2D eigenvalue weighted by molar-refractivity contribution is 5.27. The lowest BCUT2D eigenvalue weighted by atomic mass is 9.97. The van der Waals surface area contributed by atoms with E-state index in [2.05, 4.69) is 5.32 Å². The van der Waals surface area contributed by atoms with Gasteiger partial charge in [-0.15, -0.1) is 0 Å². The van der Waals surface area contributed by atoms with Gasteiger partial charge in [0.15, 0.2) is 0 Å². The number of alkyl halides is 3. The van der Waals surface area contributed by atoms with E-state index in [0.29, 0.717) is 0 Å². The Hall–Kier alpha value is -1.07. The molecule has 0 fully saturated rings. The first-order valence-corrected chi connectivity index (χ1v) is 6.31. The van der Waals surface area contributed by atoms with Crippen molar-refractivity contribution in [1.82, 2.24) is 5.32 Å². The molecule has 0 aliphatic rings. The molecule has 2 unspecified atom stereocenters. The van der Waals surface area contributed by atoms with Crippen molar-refractivity contribution in [3.8, 4) is 0 Å². The minimum Gasteiger partial charge on any atom is -0.379 e. The van der Waals surface area contributed by atoms with Crippen LogP contribution in [0.2, 0.25) is 0 Å². The number of methoxy groups -OCH3 is 1. The Morgan fingerprint density at radius 3 is 2.16 bits per heavy atom. The summed E-state index contributed by atoms with van der Waals surface area (Å²) in [5.41, 5.74) is 0.173. The molecule has 0 saturated heterocycles. The zero-order valence-electron chi connectivity index (χ0n) is 11.4. The third kappa shape index (κ3) is 4.21. The number of nitrogens with one attached hydrogen (secondary N) is 1. The van der Waals surface area contributed by atoms with Crippen LogP contribution in [-0.2, 0) is 10.9 Å². The van der Waals surface area contributed by atoms with Crippen molar-refractivity contribution in [3.63, 3.8) is 0 Å². The van der Waals surface area contributed by atoms with Gasteiger partial charge in [-0.05, 0) is 31.2 Å². The van der Waals surface area contributed by atoms with Crippen LogP contribution in [0.25, 0.3) is 0 Å². The summed E-state index contributed by atoms with van der Waals surface area (Å²) in [5.74, 6) is 0. The maximum Gasteiger partial charge on any atom is 0.416 e. The molecule has 1 N–H and O–H groups in total. The van der Waals surface area contributed by atoms with Gasteiger partial charge in [-0.2, -0.15) is 13.2 Å². The number of hydrogen-bond acceptors (Lipinski definition) is 2. The molecule has 5 heteroatoms. The second kappa shape index (κ2) is 6.91. The third-order valence-electron chi connectivity index (χ3n) is 3.16. The van der Waals surface area contributed by atoms with Crippen LogP contribution in [0.15, 0.2) is 24.3 Å². The van der Waals surface area contributed by atoms with Gasteiger partial charge in [0, 0.05) is 7.11 Å². The van der Waals surface area contributed by atoms with Gasteiger partial charge in [-0.1, -0.05) is 25.5 Å². The zero-order chi connectivity index (χ0) is 14.5. The lowest BCUT2D eigenvalue weighted by Crippen LogP contribution is -2.31. The summed E-state index contributed by atoms with van der Waals surface area (Å²) in [5, 5.41) is 3.11. The van der Waals surface area contributed by atoms with Crippen LogP contribution >= 0.6 is 0 Å². The second-order valence-electron chi connectivity index (χ2n) is 4.45. The molecule has 0 spiro atoms. The highest BCUT2D eigenvalue weighted by Gasteiger charge is 2.30. The van der Waals surface area contributed by atoms with Gasteiger partial charge in [0.2, 0.25) is 0 Å². The van der Waals surface area contributed by atoms with Crippen molar-refractivity contribution < 1.29 is 17.9 Å². The molecule has 0 aliphatic carbocycles. The molecule has 0 amide bonds. The standard InChI is InChI=1S/C14H20F3NO/c1-4-5-12(19-3)13(18-2)10-6-8-11(9-7-10)14(15,16)17/h6-9,12-13,18H,4-5H2,1-3H3. The van der Waals surface area contributed by atoms with Crippen molar-refractivity contribution in [3.05, 3.63) is 35.4 Å². The van der Waals surface area contributed by atoms with E-state index >= 15 is 0 Å². The summed E-state index contributed by atoms with van der Waals surface area (Å²) in [6.07, 6.45) is -2.54. The lowest BCUT2D eigenvalue weighted by molar-refractivity contribution is -0.137.